The van der Waals surface area contributed by atoms with Gasteiger partial charge < -0.3 is 10.2 Å². The lowest BCUT2D eigenvalue weighted by Crippen LogP contribution is -2.15. The number of thioether (sulfide) groups is 1. The van der Waals surface area contributed by atoms with Gasteiger partial charge in [-0.05, 0) is 21.0 Å². The number of anilines is 1. The Morgan fingerprint density at radius 2 is 2.25 bits per heavy atom. The van der Waals surface area contributed by atoms with E-state index < -0.39 is 0 Å². The lowest BCUT2D eigenvalue weighted by Gasteiger charge is -2.09. The third kappa shape index (κ3) is 4.32. The number of rotatable bonds is 6. The van der Waals surface area contributed by atoms with Crippen LogP contribution in [0.25, 0.3) is 0 Å². The average Bonchev–Trinajstić information content (AvgIpc) is 2.22. The van der Waals surface area contributed by atoms with Crippen LogP contribution in [0.5, 0.6) is 0 Å². The Morgan fingerprint density at radius 1 is 1.50 bits per heavy atom. The van der Waals surface area contributed by atoms with Crippen molar-refractivity contribution < 1.29 is 4.39 Å². The summed E-state index contributed by atoms with van der Waals surface area (Å²) in [5.41, 5.74) is 0. The zero-order chi connectivity index (χ0) is 12.0. The smallest absolute Gasteiger partial charge is 0.223 e. The Labute approximate surface area is 99.7 Å². The fourth-order valence-corrected chi connectivity index (χ4v) is 2.01. The van der Waals surface area contributed by atoms with Crippen LogP contribution in [0.1, 0.15) is 6.92 Å². The lowest BCUT2D eigenvalue weighted by atomic mass is 10.6. The van der Waals surface area contributed by atoms with E-state index in [2.05, 4.69) is 20.2 Å². The molecule has 1 aromatic heterocycles. The van der Waals surface area contributed by atoms with Gasteiger partial charge >= 0.3 is 0 Å². The fraction of sp³-hybridized carbons (Fsp3) is 0.600. The van der Waals surface area contributed by atoms with E-state index in [0.29, 0.717) is 11.0 Å². The highest BCUT2D eigenvalue weighted by Gasteiger charge is 2.07. The van der Waals surface area contributed by atoms with Gasteiger partial charge in [0.15, 0.2) is 5.82 Å². The summed E-state index contributed by atoms with van der Waals surface area (Å²) in [6.45, 7) is 3.57. The SMILES string of the molecule is CCNc1ncc(F)c(SCCN(C)C)n1. The second-order valence-corrected chi connectivity index (χ2v) is 4.61. The molecular formula is C10H17FN4S. The van der Waals surface area contributed by atoms with Crippen molar-refractivity contribution >= 4 is 17.7 Å². The summed E-state index contributed by atoms with van der Waals surface area (Å²) in [6, 6.07) is 0. The molecule has 0 radical (unpaired) electrons. The predicted molar refractivity (Wildman–Crippen MR) is 65.4 cm³/mol. The molecule has 0 saturated heterocycles. The lowest BCUT2D eigenvalue weighted by molar-refractivity contribution is 0.437. The third-order valence-electron chi connectivity index (χ3n) is 1.82. The molecule has 0 aliphatic heterocycles. The maximum atomic E-state index is 13.3. The Morgan fingerprint density at radius 3 is 2.88 bits per heavy atom. The first kappa shape index (κ1) is 13.2. The topological polar surface area (TPSA) is 41.1 Å². The minimum atomic E-state index is -0.356. The largest absolute Gasteiger partial charge is 0.354 e. The molecule has 0 aromatic carbocycles. The van der Waals surface area contributed by atoms with E-state index in [4.69, 9.17) is 0 Å². The van der Waals surface area contributed by atoms with Crippen LogP contribution >= 0.6 is 11.8 Å². The molecule has 4 nitrogen and oxygen atoms in total. The Bertz CT molecular complexity index is 333. The first-order chi connectivity index (χ1) is 7.63. The molecule has 0 aliphatic carbocycles. The van der Waals surface area contributed by atoms with Crippen LogP contribution in [0.3, 0.4) is 0 Å². The highest BCUT2D eigenvalue weighted by atomic mass is 32.2. The van der Waals surface area contributed by atoms with Crippen molar-refractivity contribution in [1.82, 2.24) is 14.9 Å². The van der Waals surface area contributed by atoms with Crippen molar-refractivity contribution in [3.8, 4) is 0 Å². The summed E-state index contributed by atoms with van der Waals surface area (Å²) in [7, 11) is 3.97. The van der Waals surface area contributed by atoms with Crippen LogP contribution in [-0.2, 0) is 0 Å². The maximum absolute atomic E-state index is 13.3. The zero-order valence-corrected chi connectivity index (χ0v) is 10.6. The van der Waals surface area contributed by atoms with Crippen LogP contribution in [0.4, 0.5) is 10.3 Å². The minimum absolute atomic E-state index is 0.356. The molecule has 0 amide bonds. The van der Waals surface area contributed by atoms with Gasteiger partial charge in [-0.1, -0.05) is 0 Å². The first-order valence-corrected chi connectivity index (χ1v) is 6.16. The molecule has 1 N–H and O–H groups in total. The molecule has 0 unspecified atom stereocenters. The Kier molecular flexibility index (Phi) is 5.48. The normalized spacial score (nSPS) is 10.8. The van der Waals surface area contributed by atoms with Gasteiger partial charge in [0.05, 0.1) is 6.20 Å². The van der Waals surface area contributed by atoms with E-state index in [1.54, 1.807) is 0 Å². The van der Waals surface area contributed by atoms with Crippen molar-refractivity contribution in [2.45, 2.75) is 11.9 Å². The number of nitrogens with zero attached hydrogens (tertiary/aromatic N) is 3. The van der Waals surface area contributed by atoms with Gasteiger partial charge in [0, 0.05) is 18.8 Å². The number of nitrogens with one attached hydrogen (secondary N) is 1. The number of aromatic nitrogens is 2. The summed E-state index contributed by atoms with van der Waals surface area (Å²) in [6.07, 6.45) is 1.21. The van der Waals surface area contributed by atoms with Gasteiger partial charge in [0.1, 0.15) is 5.03 Å². The van der Waals surface area contributed by atoms with Crippen LogP contribution in [0.2, 0.25) is 0 Å². The van der Waals surface area contributed by atoms with Gasteiger partial charge in [-0.2, -0.15) is 0 Å². The molecule has 0 fully saturated rings. The van der Waals surface area contributed by atoms with Crippen molar-refractivity contribution in [2.75, 3.05) is 38.3 Å². The van der Waals surface area contributed by atoms with Crippen molar-refractivity contribution in [2.24, 2.45) is 0 Å². The summed E-state index contributed by atoms with van der Waals surface area (Å²) in [4.78, 5) is 10.0. The van der Waals surface area contributed by atoms with E-state index in [1.807, 2.05) is 21.0 Å². The van der Waals surface area contributed by atoms with Gasteiger partial charge in [0.2, 0.25) is 5.95 Å². The highest BCUT2D eigenvalue weighted by Crippen LogP contribution is 2.19. The minimum Gasteiger partial charge on any atom is -0.354 e. The quantitative estimate of drug-likeness (QED) is 0.609. The zero-order valence-electron chi connectivity index (χ0n) is 9.83. The third-order valence-corrected chi connectivity index (χ3v) is 2.77. The van der Waals surface area contributed by atoms with Crippen LogP contribution in [0.15, 0.2) is 11.2 Å². The Hall–Kier alpha value is -0.880. The molecule has 6 heteroatoms. The molecule has 90 valence electrons. The molecule has 1 rings (SSSR count). The first-order valence-electron chi connectivity index (χ1n) is 5.17. The second-order valence-electron chi connectivity index (χ2n) is 3.53. The van der Waals surface area contributed by atoms with E-state index >= 15 is 0 Å². The summed E-state index contributed by atoms with van der Waals surface area (Å²) >= 11 is 1.41. The molecular weight excluding hydrogens is 227 g/mol. The highest BCUT2D eigenvalue weighted by molar-refractivity contribution is 7.99. The number of halogens is 1. The molecule has 16 heavy (non-hydrogen) atoms. The van der Waals surface area contributed by atoms with E-state index in [0.717, 1.165) is 18.8 Å². The maximum Gasteiger partial charge on any atom is 0.223 e. The molecule has 0 saturated carbocycles. The van der Waals surface area contributed by atoms with Crippen molar-refractivity contribution in [3.63, 3.8) is 0 Å². The van der Waals surface area contributed by atoms with Crippen LogP contribution < -0.4 is 5.32 Å². The van der Waals surface area contributed by atoms with Gasteiger partial charge in [0.25, 0.3) is 0 Å². The number of hydrogen-bond donors (Lipinski definition) is 1. The van der Waals surface area contributed by atoms with E-state index in [-0.39, 0.29) is 5.82 Å². The fourth-order valence-electron chi connectivity index (χ4n) is 1.02. The van der Waals surface area contributed by atoms with Crippen LogP contribution in [0, 0.1) is 5.82 Å². The van der Waals surface area contributed by atoms with Gasteiger partial charge in [-0.3, -0.25) is 0 Å². The number of hydrogen-bond acceptors (Lipinski definition) is 5. The second kappa shape index (κ2) is 6.65. The van der Waals surface area contributed by atoms with Gasteiger partial charge in [-0.15, -0.1) is 11.8 Å². The van der Waals surface area contributed by atoms with E-state index in [1.165, 1.54) is 18.0 Å². The summed E-state index contributed by atoms with van der Waals surface area (Å²) in [5.74, 6) is 0.939. The van der Waals surface area contributed by atoms with Crippen molar-refractivity contribution in [3.05, 3.63) is 12.0 Å². The monoisotopic (exact) mass is 244 g/mol. The molecule has 1 heterocycles. The summed E-state index contributed by atoms with van der Waals surface area (Å²) in [5, 5.41) is 3.37. The average molecular weight is 244 g/mol. The standard InChI is InChI=1S/C10H17FN4S/c1-4-12-10-13-7-8(11)9(14-10)16-6-5-15(2)3/h7H,4-6H2,1-3H3,(H,12,13,14). The molecule has 0 atom stereocenters. The Balaban J connectivity index is 2.59. The van der Waals surface area contributed by atoms with Crippen LogP contribution in [-0.4, -0.2) is 47.8 Å². The summed E-state index contributed by atoms with van der Waals surface area (Å²) < 4.78 is 13.3. The molecule has 1 aromatic rings. The van der Waals surface area contributed by atoms with E-state index in [9.17, 15) is 4.39 Å². The molecule has 0 spiro atoms. The van der Waals surface area contributed by atoms with Gasteiger partial charge in [-0.25, -0.2) is 14.4 Å². The predicted octanol–water partition coefficient (Wildman–Crippen LogP) is 1.70. The molecule has 0 bridgehead atoms. The van der Waals surface area contributed by atoms with Crippen molar-refractivity contribution in [1.29, 1.82) is 0 Å². The molecule has 0 aliphatic rings.